The van der Waals surface area contributed by atoms with Crippen molar-refractivity contribution < 1.29 is 9.18 Å². The third-order valence-corrected chi connectivity index (χ3v) is 4.64. The van der Waals surface area contributed by atoms with Crippen molar-refractivity contribution in [2.75, 3.05) is 36.0 Å². The Labute approximate surface area is 149 Å². The standard InChI is InChI=1S/C19H17FN4O2/c20-15-5-1-2-6-16(15)22-9-11-23(12-10-22)18-14(13-25)19(26)24-8-4-3-7-17(24)21-18/h1-8,13H,9-12H2. The molecule has 2 aromatic heterocycles. The van der Waals surface area contributed by atoms with Gasteiger partial charge in [-0.2, -0.15) is 0 Å². The third kappa shape index (κ3) is 2.71. The monoisotopic (exact) mass is 352 g/mol. The van der Waals surface area contributed by atoms with Crippen molar-refractivity contribution in [2.24, 2.45) is 0 Å². The van der Waals surface area contributed by atoms with Gasteiger partial charge in [-0.25, -0.2) is 9.37 Å². The smallest absolute Gasteiger partial charge is 0.270 e. The van der Waals surface area contributed by atoms with E-state index in [0.717, 1.165) is 0 Å². The topological polar surface area (TPSA) is 57.9 Å². The Bertz CT molecular complexity index is 1030. The highest BCUT2D eigenvalue weighted by Crippen LogP contribution is 2.23. The molecule has 0 atom stereocenters. The van der Waals surface area contributed by atoms with Crippen LogP contribution < -0.4 is 15.4 Å². The van der Waals surface area contributed by atoms with Gasteiger partial charge in [0.1, 0.15) is 22.8 Å². The van der Waals surface area contributed by atoms with Crippen LogP contribution in [-0.4, -0.2) is 41.8 Å². The molecule has 3 aromatic rings. The Morgan fingerprint density at radius 1 is 0.962 bits per heavy atom. The molecule has 132 valence electrons. The molecular formula is C19H17FN4O2. The molecule has 6 nitrogen and oxygen atoms in total. The summed E-state index contributed by atoms with van der Waals surface area (Å²) in [6.07, 6.45) is 2.16. The van der Waals surface area contributed by atoms with Gasteiger partial charge >= 0.3 is 0 Å². The van der Waals surface area contributed by atoms with E-state index in [2.05, 4.69) is 4.98 Å². The molecule has 3 heterocycles. The van der Waals surface area contributed by atoms with E-state index in [0.29, 0.717) is 49.6 Å². The zero-order chi connectivity index (χ0) is 18.1. The van der Waals surface area contributed by atoms with Gasteiger partial charge in [0, 0.05) is 32.4 Å². The lowest BCUT2D eigenvalue weighted by molar-refractivity contribution is 0.112. The number of nitrogens with zero attached hydrogens (tertiary/aromatic N) is 4. The van der Waals surface area contributed by atoms with Crippen LogP contribution in [-0.2, 0) is 0 Å². The average Bonchev–Trinajstić information content (AvgIpc) is 2.68. The first-order chi connectivity index (χ1) is 12.7. The van der Waals surface area contributed by atoms with Crippen LogP contribution in [0, 0.1) is 5.82 Å². The Hall–Kier alpha value is -3.22. The second-order valence-corrected chi connectivity index (χ2v) is 6.13. The first-order valence-electron chi connectivity index (χ1n) is 8.40. The summed E-state index contributed by atoms with van der Waals surface area (Å²) < 4.78 is 15.3. The summed E-state index contributed by atoms with van der Waals surface area (Å²) in [6, 6.07) is 11.9. The highest BCUT2D eigenvalue weighted by atomic mass is 19.1. The fraction of sp³-hybridized carbons (Fsp3) is 0.211. The normalized spacial score (nSPS) is 14.7. The second-order valence-electron chi connectivity index (χ2n) is 6.13. The lowest BCUT2D eigenvalue weighted by Gasteiger charge is -2.37. The molecule has 1 aliphatic rings. The molecule has 0 bridgehead atoms. The number of fused-ring (bicyclic) bond motifs is 1. The summed E-state index contributed by atoms with van der Waals surface area (Å²) in [5, 5.41) is 0. The van der Waals surface area contributed by atoms with Crippen molar-refractivity contribution in [1.82, 2.24) is 9.38 Å². The van der Waals surface area contributed by atoms with Gasteiger partial charge in [-0.15, -0.1) is 0 Å². The number of hydrogen-bond donors (Lipinski definition) is 0. The number of carbonyl (C=O) groups is 1. The van der Waals surface area contributed by atoms with Crippen molar-refractivity contribution in [3.8, 4) is 0 Å². The molecule has 0 aliphatic carbocycles. The number of hydrogen-bond acceptors (Lipinski definition) is 5. The van der Waals surface area contributed by atoms with E-state index in [9.17, 15) is 14.0 Å². The first-order valence-corrected chi connectivity index (χ1v) is 8.40. The van der Waals surface area contributed by atoms with Gasteiger partial charge in [0.2, 0.25) is 0 Å². The molecular weight excluding hydrogens is 335 g/mol. The Morgan fingerprint density at radius 3 is 2.38 bits per heavy atom. The highest BCUT2D eigenvalue weighted by Gasteiger charge is 2.24. The van der Waals surface area contributed by atoms with Gasteiger partial charge in [-0.05, 0) is 24.3 Å². The van der Waals surface area contributed by atoms with Gasteiger partial charge in [0.05, 0.1) is 5.69 Å². The predicted molar refractivity (Wildman–Crippen MR) is 97.7 cm³/mol. The first kappa shape index (κ1) is 16.3. The summed E-state index contributed by atoms with van der Waals surface area (Å²) in [6.45, 7) is 2.25. The van der Waals surface area contributed by atoms with Crippen LogP contribution in [0.5, 0.6) is 0 Å². The summed E-state index contributed by atoms with van der Waals surface area (Å²) in [5.41, 5.74) is 0.731. The molecule has 0 N–H and O–H groups in total. The molecule has 26 heavy (non-hydrogen) atoms. The Kier molecular flexibility index (Phi) is 4.12. The van der Waals surface area contributed by atoms with Crippen molar-refractivity contribution in [1.29, 1.82) is 0 Å². The fourth-order valence-corrected chi connectivity index (χ4v) is 3.30. The molecule has 1 saturated heterocycles. The number of piperazine rings is 1. The summed E-state index contributed by atoms with van der Waals surface area (Å²) in [7, 11) is 0. The van der Waals surface area contributed by atoms with Crippen LogP contribution in [0.4, 0.5) is 15.9 Å². The number of aldehydes is 1. The van der Waals surface area contributed by atoms with Crippen LogP contribution in [0.25, 0.3) is 5.65 Å². The molecule has 0 unspecified atom stereocenters. The van der Waals surface area contributed by atoms with Crippen LogP contribution >= 0.6 is 0 Å². The van der Waals surface area contributed by atoms with Gasteiger partial charge in [-0.1, -0.05) is 18.2 Å². The van der Waals surface area contributed by atoms with Crippen molar-refractivity contribution in [3.63, 3.8) is 0 Å². The number of rotatable bonds is 3. The number of anilines is 2. The number of carbonyl (C=O) groups excluding carboxylic acids is 1. The quantitative estimate of drug-likeness (QED) is 0.675. The van der Waals surface area contributed by atoms with Gasteiger partial charge in [-0.3, -0.25) is 14.0 Å². The molecule has 1 fully saturated rings. The summed E-state index contributed by atoms with van der Waals surface area (Å²) in [5.74, 6) is 0.140. The van der Waals surface area contributed by atoms with Crippen molar-refractivity contribution in [2.45, 2.75) is 0 Å². The number of benzene rings is 1. The maximum atomic E-state index is 14.0. The highest BCUT2D eigenvalue weighted by molar-refractivity contribution is 5.83. The molecule has 0 amide bonds. The van der Waals surface area contributed by atoms with E-state index in [1.165, 1.54) is 10.5 Å². The van der Waals surface area contributed by atoms with E-state index in [-0.39, 0.29) is 16.9 Å². The molecule has 7 heteroatoms. The zero-order valence-electron chi connectivity index (χ0n) is 14.0. The van der Waals surface area contributed by atoms with Crippen molar-refractivity contribution >= 4 is 23.4 Å². The molecule has 1 aromatic carbocycles. The lowest BCUT2D eigenvalue weighted by Crippen LogP contribution is -2.48. The predicted octanol–water partition coefficient (Wildman–Crippen LogP) is 1.97. The molecule has 0 radical (unpaired) electrons. The van der Waals surface area contributed by atoms with E-state index < -0.39 is 0 Å². The number of aromatic nitrogens is 2. The minimum Gasteiger partial charge on any atom is -0.366 e. The van der Waals surface area contributed by atoms with Gasteiger partial charge in [0.15, 0.2) is 6.29 Å². The number of pyridine rings is 1. The van der Waals surface area contributed by atoms with Crippen LogP contribution in [0.2, 0.25) is 0 Å². The summed E-state index contributed by atoms with van der Waals surface area (Å²) in [4.78, 5) is 32.5. The Balaban J connectivity index is 1.65. The SMILES string of the molecule is O=Cc1c(N2CCN(c3ccccc3F)CC2)nc2ccccn2c1=O. The van der Waals surface area contributed by atoms with Crippen LogP contribution in [0.1, 0.15) is 10.4 Å². The molecule has 0 spiro atoms. The number of halogens is 1. The van der Waals surface area contributed by atoms with E-state index in [1.807, 2.05) is 9.80 Å². The maximum Gasteiger partial charge on any atom is 0.270 e. The Morgan fingerprint density at radius 2 is 1.65 bits per heavy atom. The second kappa shape index (κ2) is 6.59. The summed E-state index contributed by atoms with van der Waals surface area (Å²) >= 11 is 0. The van der Waals surface area contributed by atoms with Crippen molar-refractivity contribution in [3.05, 3.63) is 70.4 Å². The zero-order valence-corrected chi connectivity index (χ0v) is 14.0. The minimum atomic E-state index is -0.378. The minimum absolute atomic E-state index is 0.0491. The molecule has 1 aliphatic heterocycles. The van der Waals surface area contributed by atoms with Gasteiger partial charge < -0.3 is 9.80 Å². The van der Waals surface area contributed by atoms with E-state index >= 15 is 0 Å². The average molecular weight is 352 g/mol. The third-order valence-electron chi connectivity index (χ3n) is 4.64. The molecule has 0 saturated carbocycles. The van der Waals surface area contributed by atoms with Crippen LogP contribution in [0.15, 0.2) is 53.5 Å². The molecule has 4 rings (SSSR count). The van der Waals surface area contributed by atoms with E-state index in [4.69, 9.17) is 0 Å². The van der Waals surface area contributed by atoms with Crippen LogP contribution in [0.3, 0.4) is 0 Å². The number of para-hydroxylation sites is 1. The van der Waals surface area contributed by atoms with E-state index in [1.54, 1.807) is 42.6 Å². The fourth-order valence-electron chi connectivity index (χ4n) is 3.30. The van der Waals surface area contributed by atoms with Gasteiger partial charge in [0.25, 0.3) is 5.56 Å². The largest absolute Gasteiger partial charge is 0.366 e. The maximum absolute atomic E-state index is 14.0. The lowest BCUT2D eigenvalue weighted by atomic mass is 10.2.